The summed E-state index contributed by atoms with van der Waals surface area (Å²) in [7, 11) is 0. The Morgan fingerprint density at radius 3 is 2.59 bits per heavy atom. The summed E-state index contributed by atoms with van der Waals surface area (Å²) in [6.45, 7) is 0.825. The minimum absolute atomic E-state index is 0.206. The van der Waals surface area contributed by atoms with Crippen LogP contribution >= 0.6 is 15.9 Å². The maximum Gasteiger partial charge on any atom is 0.225 e. The zero-order chi connectivity index (χ0) is 23.1. The number of hydrogen-bond acceptors (Lipinski definition) is 2. The molecule has 0 N–H and O–H groups in total. The van der Waals surface area contributed by atoms with Crippen molar-refractivity contribution in [3.63, 3.8) is 0 Å². The lowest BCUT2D eigenvalue weighted by Gasteiger charge is -2.36. The Balaban J connectivity index is 1.41. The molecule has 1 aromatic heterocycles. The van der Waals surface area contributed by atoms with Gasteiger partial charge in [-0.05, 0) is 48.1 Å². The molecule has 1 amide bonds. The molecule has 0 spiro atoms. The van der Waals surface area contributed by atoms with Gasteiger partial charge in [0.1, 0.15) is 11.4 Å². The Morgan fingerprint density at radius 1 is 1.00 bits per heavy atom. The molecule has 170 valence electrons. The maximum absolute atomic E-state index is 14.1. The predicted molar refractivity (Wildman–Crippen MR) is 137 cm³/mol. The SMILES string of the molecule is O=C(CC1(c2ccc(Br)cc2)c2ccccc2-c2nccn21)N1CCCC1Cc1ccccc1. The first-order valence-electron chi connectivity index (χ1n) is 11.9. The number of fused-ring (bicyclic) bond motifs is 3. The number of likely N-dealkylation sites (tertiary alicyclic amines) is 1. The zero-order valence-corrected chi connectivity index (χ0v) is 20.5. The highest BCUT2D eigenvalue weighted by Crippen LogP contribution is 2.49. The second-order valence-electron chi connectivity index (χ2n) is 9.28. The van der Waals surface area contributed by atoms with Crippen LogP contribution in [-0.4, -0.2) is 32.9 Å². The molecule has 1 fully saturated rings. The maximum atomic E-state index is 14.1. The number of aromatic nitrogens is 2. The number of benzene rings is 3. The molecule has 0 bridgehead atoms. The van der Waals surface area contributed by atoms with Gasteiger partial charge in [0.05, 0.1) is 6.42 Å². The summed E-state index contributed by atoms with van der Waals surface area (Å²) in [4.78, 5) is 20.9. The zero-order valence-electron chi connectivity index (χ0n) is 18.9. The smallest absolute Gasteiger partial charge is 0.225 e. The average molecular weight is 512 g/mol. The Kier molecular flexibility index (Phi) is 5.37. The van der Waals surface area contributed by atoms with E-state index in [1.807, 2.05) is 24.5 Å². The summed E-state index contributed by atoms with van der Waals surface area (Å²) in [5, 5.41) is 0. The van der Waals surface area contributed by atoms with Crippen molar-refractivity contribution in [1.82, 2.24) is 14.5 Å². The van der Waals surface area contributed by atoms with Crippen LogP contribution in [-0.2, 0) is 16.8 Å². The third-order valence-electron chi connectivity index (χ3n) is 7.41. The Morgan fingerprint density at radius 2 is 1.76 bits per heavy atom. The van der Waals surface area contributed by atoms with E-state index in [0.717, 1.165) is 52.8 Å². The van der Waals surface area contributed by atoms with Crippen LogP contribution in [0.4, 0.5) is 0 Å². The first-order chi connectivity index (χ1) is 16.7. The molecule has 3 heterocycles. The number of rotatable bonds is 5. The summed E-state index contributed by atoms with van der Waals surface area (Å²) in [5.74, 6) is 1.13. The highest BCUT2D eigenvalue weighted by molar-refractivity contribution is 9.10. The topological polar surface area (TPSA) is 38.1 Å². The molecule has 3 aromatic carbocycles. The van der Waals surface area contributed by atoms with E-state index in [0.29, 0.717) is 6.42 Å². The first-order valence-corrected chi connectivity index (χ1v) is 12.7. The molecular weight excluding hydrogens is 486 g/mol. The molecule has 4 aromatic rings. The van der Waals surface area contributed by atoms with Crippen LogP contribution in [0.2, 0.25) is 0 Å². The van der Waals surface area contributed by atoms with E-state index in [1.54, 1.807) is 0 Å². The van der Waals surface area contributed by atoms with Crippen LogP contribution in [0.5, 0.6) is 0 Å². The van der Waals surface area contributed by atoms with Gasteiger partial charge in [-0.2, -0.15) is 0 Å². The molecule has 2 aliphatic rings. The van der Waals surface area contributed by atoms with E-state index >= 15 is 0 Å². The fourth-order valence-electron chi connectivity index (χ4n) is 5.86. The molecule has 34 heavy (non-hydrogen) atoms. The number of imidazole rings is 1. The number of carbonyl (C=O) groups is 1. The Hall–Kier alpha value is -3.18. The Bertz CT molecular complexity index is 1330. The summed E-state index contributed by atoms with van der Waals surface area (Å²) in [6.07, 6.45) is 7.26. The van der Waals surface area contributed by atoms with Crippen LogP contribution in [0.3, 0.4) is 0 Å². The normalized spacial score (nSPS) is 20.9. The van der Waals surface area contributed by atoms with Gasteiger partial charge in [0.15, 0.2) is 0 Å². The van der Waals surface area contributed by atoms with Crippen molar-refractivity contribution in [1.29, 1.82) is 0 Å². The van der Waals surface area contributed by atoms with Crippen molar-refractivity contribution in [2.75, 3.05) is 6.54 Å². The van der Waals surface area contributed by atoms with E-state index in [4.69, 9.17) is 0 Å². The van der Waals surface area contributed by atoms with Gasteiger partial charge in [-0.15, -0.1) is 0 Å². The molecule has 2 aliphatic heterocycles. The highest BCUT2D eigenvalue weighted by atomic mass is 79.9. The third kappa shape index (κ3) is 3.41. The molecule has 0 radical (unpaired) electrons. The second-order valence-corrected chi connectivity index (χ2v) is 10.2. The van der Waals surface area contributed by atoms with E-state index in [1.165, 1.54) is 5.56 Å². The largest absolute Gasteiger partial charge is 0.339 e. The summed E-state index contributed by atoms with van der Waals surface area (Å²) in [6, 6.07) is 27.6. The van der Waals surface area contributed by atoms with Gasteiger partial charge < -0.3 is 9.47 Å². The van der Waals surface area contributed by atoms with Crippen LogP contribution < -0.4 is 0 Å². The van der Waals surface area contributed by atoms with Gasteiger partial charge in [-0.3, -0.25) is 4.79 Å². The number of halogens is 1. The minimum Gasteiger partial charge on any atom is -0.339 e. The summed E-state index contributed by atoms with van der Waals surface area (Å²) < 4.78 is 3.23. The number of carbonyl (C=O) groups excluding carboxylic acids is 1. The molecule has 0 aliphatic carbocycles. The third-order valence-corrected chi connectivity index (χ3v) is 7.93. The lowest BCUT2D eigenvalue weighted by molar-refractivity contribution is -0.133. The van der Waals surface area contributed by atoms with Crippen molar-refractivity contribution in [2.45, 2.75) is 37.3 Å². The first kappa shape index (κ1) is 21.4. The quantitative estimate of drug-likeness (QED) is 0.327. The molecule has 2 atom stereocenters. The van der Waals surface area contributed by atoms with Crippen LogP contribution in [0, 0.1) is 0 Å². The molecule has 6 rings (SSSR count). The number of nitrogens with zero attached hydrogens (tertiary/aromatic N) is 3. The van der Waals surface area contributed by atoms with E-state index < -0.39 is 5.54 Å². The lowest BCUT2D eigenvalue weighted by Crippen LogP contribution is -2.43. The fraction of sp³-hybridized carbons (Fsp3) is 0.241. The van der Waals surface area contributed by atoms with E-state index in [2.05, 4.69) is 97.1 Å². The van der Waals surface area contributed by atoms with Gasteiger partial charge in [-0.25, -0.2) is 4.98 Å². The summed E-state index contributed by atoms with van der Waals surface area (Å²) in [5.41, 5.74) is 4.03. The van der Waals surface area contributed by atoms with Gasteiger partial charge in [-0.1, -0.05) is 82.7 Å². The molecule has 4 nitrogen and oxygen atoms in total. The summed E-state index contributed by atoms with van der Waals surface area (Å²) >= 11 is 3.58. The van der Waals surface area contributed by atoms with Crippen molar-refractivity contribution < 1.29 is 4.79 Å². The van der Waals surface area contributed by atoms with Gasteiger partial charge >= 0.3 is 0 Å². The van der Waals surface area contributed by atoms with Gasteiger partial charge in [0, 0.05) is 35.0 Å². The molecule has 0 saturated carbocycles. The fourth-order valence-corrected chi connectivity index (χ4v) is 6.13. The number of hydrogen-bond donors (Lipinski definition) is 0. The standard InChI is InChI=1S/C29H26BrN3O/c30-23-14-12-22(13-15-23)29(26-11-5-4-10-25(26)28-31-16-18-33(28)29)20-27(34)32-17-6-9-24(32)19-21-7-2-1-3-8-21/h1-5,7-8,10-16,18,24H,6,9,17,19-20H2. The van der Waals surface area contributed by atoms with Crippen molar-refractivity contribution >= 4 is 21.8 Å². The van der Waals surface area contributed by atoms with Crippen LogP contribution in [0.1, 0.15) is 36.0 Å². The predicted octanol–water partition coefficient (Wildman–Crippen LogP) is 6.04. The van der Waals surface area contributed by atoms with E-state index in [-0.39, 0.29) is 11.9 Å². The van der Waals surface area contributed by atoms with Crippen LogP contribution in [0.15, 0.2) is 95.7 Å². The van der Waals surface area contributed by atoms with Crippen molar-refractivity contribution in [3.8, 4) is 11.4 Å². The number of amides is 1. The Labute approximate surface area is 208 Å². The average Bonchev–Trinajstić information content (AvgIpc) is 3.58. The van der Waals surface area contributed by atoms with Crippen molar-refractivity contribution in [2.24, 2.45) is 0 Å². The van der Waals surface area contributed by atoms with Gasteiger partial charge in [0.2, 0.25) is 5.91 Å². The second kappa shape index (κ2) is 8.55. The highest BCUT2D eigenvalue weighted by Gasteiger charge is 2.47. The molecule has 1 saturated heterocycles. The monoisotopic (exact) mass is 511 g/mol. The van der Waals surface area contributed by atoms with Crippen LogP contribution in [0.25, 0.3) is 11.4 Å². The molecule has 5 heteroatoms. The van der Waals surface area contributed by atoms with Crippen molar-refractivity contribution in [3.05, 3.63) is 112 Å². The minimum atomic E-state index is -0.611. The van der Waals surface area contributed by atoms with E-state index in [9.17, 15) is 4.79 Å². The lowest BCUT2D eigenvalue weighted by atomic mass is 9.79. The van der Waals surface area contributed by atoms with Gasteiger partial charge in [0.25, 0.3) is 0 Å². The molecule has 2 unspecified atom stereocenters. The molecular formula is C29H26BrN3O.